The molecule has 3 nitrogen and oxygen atoms in total. The normalized spacial score (nSPS) is 21.9. The summed E-state index contributed by atoms with van der Waals surface area (Å²) in [6.45, 7) is 11.4. The first-order valence-corrected chi connectivity index (χ1v) is 7.92. The third kappa shape index (κ3) is 4.35. The number of hydrogen-bond donors (Lipinski definition) is 1. The molecule has 2 heterocycles. The van der Waals surface area contributed by atoms with Crippen molar-refractivity contribution in [2.24, 2.45) is 11.3 Å². The van der Waals surface area contributed by atoms with Gasteiger partial charge >= 0.3 is 0 Å². The van der Waals surface area contributed by atoms with Crippen LogP contribution in [0.2, 0.25) is 0 Å². The molecule has 114 valence electrons. The summed E-state index contributed by atoms with van der Waals surface area (Å²) in [5, 5.41) is 3.16. The van der Waals surface area contributed by atoms with Gasteiger partial charge in [-0.05, 0) is 56.8 Å². The van der Waals surface area contributed by atoms with Crippen LogP contribution in [0.15, 0.2) is 16.7 Å². The average molecular weight is 278 g/mol. The number of hydrogen-bond acceptors (Lipinski definition) is 3. The molecule has 1 atom stereocenters. The third-order valence-electron chi connectivity index (χ3n) is 4.51. The van der Waals surface area contributed by atoms with Crippen molar-refractivity contribution in [3.63, 3.8) is 0 Å². The van der Waals surface area contributed by atoms with Crippen LogP contribution < -0.4 is 5.32 Å². The molecule has 0 aromatic carbocycles. The van der Waals surface area contributed by atoms with Crippen molar-refractivity contribution in [3.05, 3.63) is 23.7 Å². The fourth-order valence-corrected chi connectivity index (χ4v) is 3.21. The Morgan fingerprint density at radius 2 is 2.10 bits per heavy atom. The Morgan fingerprint density at radius 1 is 1.30 bits per heavy atom. The van der Waals surface area contributed by atoms with Crippen LogP contribution in [-0.4, -0.2) is 25.0 Å². The molecular formula is C17H30N2O. The first-order valence-electron chi connectivity index (χ1n) is 7.92. The number of nitrogens with zero attached hydrogens (tertiary/aromatic N) is 1. The van der Waals surface area contributed by atoms with E-state index in [0.717, 1.165) is 24.8 Å². The van der Waals surface area contributed by atoms with Crippen LogP contribution in [0.3, 0.4) is 0 Å². The summed E-state index contributed by atoms with van der Waals surface area (Å²) in [6, 6.07) is 2.18. The van der Waals surface area contributed by atoms with E-state index in [1.165, 1.54) is 37.9 Å². The van der Waals surface area contributed by atoms with Crippen molar-refractivity contribution < 1.29 is 4.42 Å². The highest BCUT2D eigenvalue weighted by atomic mass is 16.3. The minimum Gasteiger partial charge on any atom is -0.468 e. The van der Waals surface area contributed by atoms with Crippen LogP contribution in [0.4, 0.5) is 0 Å². The van der Waals surface area contributed by atoms with E-state index >= 15 is 0 Å². The van der Waals surface area contributed by atoms with Gasteiger partial charge in [0.15, 0.2) is 0 Å². The average Bonchev–Trinajstić information content (AvgIpc) is 2.65. The molecule has 2 rings (SSSR count). The van der Waals surface area contributed by atoms with Crippen molar-refractivity contribution in [2.45, 2.75) is 53.1 Å². The van der Waals surface area contributed by atoms with Gasteiger partial charge < -0.3 is 9.73 Å². The first-order chi connectivity index (χ1) is 9.49. The second-order valence-electron chi connectivity index (χ2n) is 7.22. The summed E-state index contributed by atoms with van der Waals surface area (Å²) in [7, 11) is 1.97. The molecule has 1 fully saturated rings. The number of furan rings is 1. The second kappa shape index (κ2) is 6.77. The molecule has 1 aromatic rings. The van der Waals surface area contributed by atoms with Crippen molar-refractivity contribution in [2.75, 3.05) is 20.1 Å². The van der Waals surface area contributed by atoms with Crippen molar-refractivity contribution in [3.8, 4) is 0 Å². The zero-order chi connectivity index (χ0) is 14.6. The second-order valence-corrected chi connectivity index (χ2v) is 7.22. The van der Waals surface area contributed by atoms with Crippen LogP contribution in [0, 0.1) is 11.3 Å². The molecule has 0 bridgehead atoms. The summed E-state index contributed by atoms with van der Waals surface area (Å²) in [4.78, 5) is 2.55. The van der Waals surface area contributed by atoms with E-state index in [4.69, 9.17) is 4.42 Å². The van der Waals surface area contributed by atoms with E-state index in [1.54, 1.807) is 0 Å². The van der Waals surface area contributed by atoms with Crippen molar-refractivity contribution >= 4 is 0 Å². The SMILES string of the molecule is CNCc1coc(CN2CCCC(C(C)(C)C)CC2)c1. The van der Waals surface area contributed by atoms with Gasteiger partial charge in [-0.2, -0.15) is 0 Å². The maximum atomic E-state index is 5.67. The predicted molar refractivity (Wildman–Crippen MR) is 83.5 cm³/mol. The largest absolute Gasteiger partial charge is 0.468 e. The van der Waals surface area contributed by atoms with E-state index in [2.05, 4.69) is 37.1 Å². The Labute approximate surface area is 123 Å². The molecular weight excluding hydrogens is 248 g/mol. The summed E-state index contributed by atoms with van der Waals surface area (Å²) in [5.74, 6) is 1.95. The molecule has 3 heteroatoms. The fourth-order valence-electron chi connectivity index (χ4n) is 3.21. The first kappa shape index (κ1) is 15.6. The Bertz CT molecular complexity index is 405. The van der Waals surface area contributed by atoms with Crippen molar-refractivity contribution in [1.82, 2.24) is 10.2 Å². The van der Waals surface area contributed by atoms with Gasteiger partial charge in [-0.3, -0.25) is 4.90 Å². The minimum absolute atomic E-state index is 0.445. The molecule has 0 amide bonds. The molecule has 1 saturated heterocycles. The molecule has 20 heavy (non-hydrogen) atoms. The number of rotatable bonds is 4. The Hall–Kier alpha value is -0.800. The number of nitrogens with one attached hydrogen (secondary N) is 1. The zero-order valence-corrected chi connectivity index (χ0v) is 13.5. The van der Waals surface area contributed by atoms with Crippen LogP contribution >= 0.6 is 0 Å². The van der Waals surface area contributed by atoms with Gasteiger partial charge in [0.1, 0.15) is 5.76 Å². The van der Waals surface area contributed by atoms with Gasteiger partial charge in [-0.25, -0.2) is 0 Å². The lowest BCUT2D eigenvalue weighted by molar-refractivity contribution is 0.203. The predicted octanol–water partition coefficient (Wildman–Crippen LogP) is 3.65. The van der Waals surface area contributed by atoms with Gasteiger partial charge in [-0.1, -0.05) is 20.8 Å². The molecule has 1 N–H and O–H groups in total. The van der Waals surface area contributed by atoms with E-state index in [0.29, 0.717) is 5.41 Å². The molecule has 0 aliphatic carbocycles. The van der Waals surface area contributed by atoms with Crippen LogP contribution in [-0.2, 0) is 13.1 Å². The highest BCUT2D eigenvalue weighted by Crippen LogP contribution is 2.34. The van der Waals surface area contributed by atoms with E-state index in [9.17, 15) is 0 Å². The summed E-state index contributed by atoms with van der Waals surface area (Å²) in [5.41, 5.74) is 1.69. The minimum atomic E-state index is 0.445. The Balaban J connectivity index is 1.87. The van der Waals surface area contributed by atoms with E-state index in [-0.39, 0.29) is 0 Å². The molecule has 1 aromatic heterocycles. The lowest BCUT2D eigenvalue weighted by Crippen LogP contribution is -2.25. The lowest BCUT2D eigenvalue weighted by Gasteiger charge is -2.29. The van der Waals surface area contributed by atoms with Gasteiger partial charge in [0, 0.05) is 12.1 Å². The lowest BCUT2D eigenvalue weighted by atomic mass is 9.77. The highest BCUT2D eigenvalue weighted by Gasteiger charge is 2.27. The Kier molecular flexibility index (Phi) is 5.28. The molecule has 0 spiro atoms. The topological polar surface area (TPSA) is 28.4 Å². The van der Waals surface area contributed by atoms with Gasteiger partial charge in [0.05, 0.1) is 12.8 Å². The summed E-state index contributed by atoms with van der Waals surface area (Å²) < 4.78 is 5.67. The summed E-state index contributed by atoms with van der Waals surface area (Å²) in [6.07, 6.45) is 5.87. The molecule has 0 radical (unpaired) electrons. The highest BCUT2D eigenvalue weighted by molar-refractivity contribution is 5.12. The zero-order valence-electron chi connectivity index (χ0n) is 13.5. The molecule has 0 saturated carbocycles. The van der Waals surface area contributed by atoms with Crippen molar-refractivity contribution in [1.29, 1.82) is 0 Å². The number of likely N-dealkylation sites (tertiary alicyclic amines) is 1. The smallest absolute Gasteiger partial charge is 0.118 e. The van der Waals surface area contributed by atoms with Crippen LogP contribution in [0.1, 0.15) is 51.4 Å². The monoisotopic (exact) mass is 278 g/mol. The van der Waals surface area contributed by atoms with Gasteiger partial charge in [0.25, 0.3) is 0 Å². The molecule has 1 aliphatic rings. The van der Waals surface area contributed by atoms with Gasteiger partial charge in [-0.15, -0.1) is 0 Å². The van der Waals surface area contributed by atoms with Crippen LogP contribution in [0.5, 0.6) is 0 Å². The van der Waals surface area contributed by atoms with Gasteiger partial charge in [0.2, 0.25) is 0 Å². The maximum absolute atomic E-state index is 5.67. The fraction of sp³-hybridized carbons (Fsp3) is 0.765. The third-order valence-corrected chi connectivity index (χ3v) is 4.51. The molecule has 1 unspecified atom stereocenters. The standard InChI is InChI=1S/C17H30N2O/c1-17(2,3)15-6-5-8-19(9-7-15)12-16-10-14(11-18-4)13-20-16/h10,13,15,18H,5-9,11-12H2,1-4H3. The molecule has 1 aliphatic heterocycles. The van der Waals surface area contributed by atoms with Crippen LogP contribution in [0.25, 0.3) is 0 Å². The maximum Gasteiger partial charge on any atom is 0.118 e. The quantitative estimate of drug-likeness (QED) is 0.911. The Morgan fingerprint density at radius 3 is 2.80 bits per heavy atom. The van der Waals surface area contributed by atoms with E-state index < -0.39 is 0 Å². The van der Waals surface area contributed by atoms with E-state index in [1.807, 2.05) is 13.3 Å². The summed E-state index contributed by atoms with van der Waals surface area (Å²) >= 11 is 0.